The molecule has 1 fully saturated rings. The molecule has 1 unspecified atom stereocenters. The number of halogens is 1. The average Bonchev–Trinajstić information content (AvgIpc) is 3.07. The third-order valence-electron chi connectivity index (χ3n) is 5.64. The Morgan fingerprint density at radius 3 is 2.65 bits per heavy atom. The summed E-state index contributed by atoms with van der Waals surface area (Å²) in [6.45, 7) is 0.224. The Balaban J connectivity index is 1.39. The van der Waals surface area contributed by atoms with E-state index < -0.39 is 11.9 Å². The van der Waals surface area contributed by atoms with Crippen molar-refractivity contribution in [3.05, 3.63) is 64.2 Å². The summed E-state index contributed by atoms with van der Waals surface area (Å²) in [5.41, 5.74) is 2.87. The standard InChI is InChI=1S/C23H22ClN3O4/c24-15-9-7-14(8-10-15)3-1-6-20(28)25-18-5-2-4-16-17(18)13-27(23(16)31)19-11-12-21(29)26-22(19)30/h2,4-5,7-10,19H,1,3,6,11-13H2,(H,25,28)(H,26,29,30). The van der Waals surface area contributed by atoms with Crippen molar-refractivity contribution in [1.82, 2.24) is 10.2 Å². The van der Waals surface area contributed by atoms with Crippen LogP contribution in [0.2, 0.25) is 5.02 Å². The molecule has 0 saturated carbocycles. The molecule has 1 saturated heterocycles. The smallest absolute Gasteiger partial charge is 0.255 e. The highest BCUT2D eigenvalue weighted by Crippen LogP contribution is 2.32. The van der Waals surface area contributed by atoms with Crippen molar-refractivity contribution in [3.63, 3.8) is 0 Å². The Morgan fingerprint density at radius 2 is 1.90 bits per heavy atom. The molecule has 2 heterocycles. The van der Waals surface area contributed by atoms with Gasteiger partial charge in [0.15, 0.2) is 0 Å². The predicted octanol–water partition coefficient (Wildman–Crippen LogP) is 3.06. The maximum atomic E-state index is 12.9. The number of hydrogen-bond donors (Lipinski definition) is 2. The van der Waals surface area contributed by atoms with Gasteiger partial charge in [-0.2, -0.15) is 0 Å². The Labute approximate surface area is 184 Å². The summed E-state index contributed by atoms with van der Waals surface area (Å²) in [6.07, 6.45) is 2.30. The summed E-state index contributed by atoms with van der Waals surface area (Å²) in [6, 6.07) is 12.0. The maximum absolute atomic E-state index is 12.9. The normalized spacial score (nSPS) is 18.0. The predicted molar refractivity (Wildman–Crippen MR) is 116 cm³/mol. The topological polar surface area (TPSA) is 95.6 Å². The van der Waals surface area contributed by atoms with Crippen LogP contribution in [0.4, 0.5) is 5.69 Å². The maximum Gasteiger partial charge on any atom is 0.255 e. The highest BCUT2D eigenvalue weighted by Gasteiger charge is 2.39. The number of hydrogen-bond acceptors (Lipinski definition) is 4. The number of amides is 4. The molecule has 8 heteroatoms. The minimum atomic E-state index is -0.680. The second-order valence-electron chi connectivity index (χ2n) is 7.76. The first-order valence-electron chi connectivity index (χ1n) is 10.2. The molecule has 1 atom stereocenters. The summed E-state index contributed by atoms with van der Waals surface area (Å²) in [4.78, 5) is 50.4. The van der Waals surface area contributed by atoms with E-state index in [0.29, 0.717) is 41.1 Å². The number of aryl methyl sites for hydroxylation is 1. The van der Waals surface area contributed by atoms with Gasteiger partial charge in [-0.25, -0.2) is 0 Å². The molecule has 2 aromatic carbocycles. The molecule has 7 nitrogen and oxygen atoms in total. The first-order chi connectivity index (χ1) is 14.9. The van der Waals surface area contributed by atoms with Gasteiger partial charge in [-0.05, 0) is 49.1 Å². The Morgan fingerprint density at radius 1 is 1.13 bits per heavy atom. The van der Waals surface area contributed by atoms with E-state index in [1.807, 2.05) is 24.3 Å². The molecule has 4 amide bonds. The molecule has 2 N–H and O–H groups in total. The van der Waals surface area contributed by atoms with Crippen molar-refractivity contribution in [2.45, 2.75) is 44.7 Å². The summed E-state index contributed by atoms with van der Waals surface area (Å²) < 4.78 is 0. The average molecular weight is 440 g/mol. The molecular weight excluding hydrogens is 418 g/mol. The zero-order valence-corrected chi connectivity index (χ0v) is 17.6. The van der Waals surface area contributed by atoms with Crippen LogP contribution in [0, 0.1) is 0 Å². The first kappa shape index (κ1) is 21.1. The number of piperidine rings is 1. The fourth-order valence-corrected chi connectivity index (χ4v) is 4.15. The lowest BCUT2D eigenvalue weighted by Crippen LogP contribution is -2.52. The molecule has 2 aliphatic heterocycles. The van der Waals surface area contributed by atoms with Crippen LogP contribution in [0.1, 0.15) is 47.2 Å². The van der Waals surface area contributed by atoms with E-state index in [9.17, 15) is 19.2 Å². The third kappa shape index (κ3) is 4.61. The second-order valence-corrected chi connectivity index (χ2v) is 8.20. The van der Waals surface area contributed by atoms with Gasteiger partial charge < -0.3 is 10.2 Å². The SMILES string of the molecule is O=C1CCC(N2Cc3c(NC(=O)CCCc4ccc(Cl)cc4)cccc3C2=O)C(=O)N1. The molecule has 0 bridgehead atoms. The fourth-order valence-electron chi connectivity index (χ4n) is 4.02. The Hall–Kier alpha value is -3.19. The summed E-state index contributed by atoms with van der Waals surface area (Å²) >= 11 is 5.89. The molecule has 4 rings (SSSR count). The lowest BCUT2D eigenvalue weighted by atomic mass is 10.0. The van der Waals surface area contributed by atoms with Crippen LogP contribution in [0.3, 0.4) is 0 Å². The number of nitrogens with one attached hydrogen (secondary N) is 2. The van der Waals surface area contributed by atoms with E-state index in [-0.39, 0.29) is 30.7 Å². The fraction of sp³-hybridized carbons (Fsp3) is 0.304. The van der Waals surface area contributed by atoms with Crippen molar-refractivity contribution < 1.29 is 19.2 Å². The van der Waals surface area contributed by atoms with Gasteiger partial charge in [0.2, 0.25) is 17.7 Å². The lowest BCUT2D eigenvalue weighted by Gasteiger charge is -2.29. The van der Waals surface area contributed by atoms with Crippen LogP contribution >= 0.6 is 11.6 Å². The Bertz CT molecular complexity index is 1050. The third-order valence-corrected chi connectivity index (χ3v) is 5.89. The van der Waals surface area contributed by atoms with Gasteiger partial charge in [0.1, 0.15) is 6.04 Å². The minimum absolute atomic E-state index is 0.130. The summed E-state index contributed by atoms with van der Waals surface area (Å²) in [5, 5.41) is 5.88. The number of anilines is 1. The number of carbonyl (C=O) groups excluding carboxylic acids is 4. The highest BCUT2D eigenvalue weighted by atomic mass is 35.5. The van der Waals surface area contributed by atoms with Crippen LogP contribution in [-0.4, -0.2) is 34.6 Å². The van der Waals surface area contributed by atoms with Crippen molar-refractivity contribution >= 4 is 40.9 Å². The van der Waals surface area contributed by atoms with Gasteiger partial charge in [0, 0.05) is 41.2 Å². The van der Waals surface area contributed by atoms with E-state index in [4.69, 9.17) is 11.6 Å². The quantitative estimate of drug-likeness (QED) is 0.676. The van der Waals surface area contributed by atoms with Crippen LogP contribution in [-0.2, 0) is 27.3 Å². The van der Waals surface area contributed by atoms with Crippen molar-refractivity contribution in [3.8, 4) is 0 Å². The number of rotatable bonds is 6. The Kier molecular flexibility index (Phi) is 6.04. The van der Waals surface area contributed by atoms with Gasteiger partial charge in [0.05, 0.1) is 0 Å². The molecule has 0 aliphatic carbocycles. The van der Waals surface area contributed by atoms with Gasteiger partial charge in [-0.15, -0.1) is 0 Å². The molecule has 2 aromatic rings. The molecule has 31 heavy (non-hydrogen) atoms. The molecule has 2 aliphatic rings. The van der Waals surface area contributed by atoms with E-state index in [2.05, 4.69) is 10.6 Å². The molecule has 160 valence electrons. The van der Waals surface area contributed by atoms with Gasteiger partial charge in [-0.3, -0.25) is 24.5 Å². The molecule has 0 aromatic heterocycles. The van der Waals surface area contributed by atoms with Gasteiger partial charge in [-0.1, -0.05) is 29.8 Å². The zero-order valence-electron chi connectivity index (χ0n) is 16.8. The summed E-state index contributed by atoms with van der Waals surface area (Å²) in [5.74, 6) is -1.17. The first-order valence-corrected chi connectivity index (χ1v) is 10.6. The molecule has 0 spiro atoms. The molecular formula is C23H22ClN3O4. The minimum Gasteiger partial charge on any atom is -0.326 e. The van der Waals surface area contributed by atoms with Crippen molar-refractivity contribution in [1.29, 1.82) is 0 Å². The van der Waals surface area contributed by atoms with Crippen LogP contribution in [0.15, 0.2) is 42.5 Å². The van der Waals surface area contributed by atoms with Crippen LogP contribution < -0.4 is 10.6 Å². The zero-order chi connectivity index (χ0) is 22.0. The van der Waals surface area contributed by atoms with Gasteiger partial charge >= 0.3 is 0 Å². The summed E-state index contributed by atoms with van der Waals surface area (Å²) in [7, 11) is 0. The number of fused-ring (bicyclic) bond motifs is 1. The number of carbonyl (C=O) groups is 4. The van der Waals surface area contributed by atoms with E-state index in [1.54, 1.807) is 18.2 Å². The highest BCUT2D eigenvalue weighted by molar-refractivity contribution is 6.30. The van der Waals surface area contributed by atoms with E-state index in [0.717, 1.165) is 12.0 Å². The second kappa shape index (κ2) is 8.89. The van der Waals surface area contributed by atoms with E-state index >= 15 is 0 Å². The van der Waals surface area contributed by atoms with Crippen LogP contribution in [0.25, 0.3) is 0 Å². The number of nitrogens with zero attached hydrogens (tertiary/aromatic N) is 1. The lowest BCUT2D eigenvalue weighted by molar-refractivity contribution is -0.137. The number of imide groups is 1. The van der Waals surface area contributed by atoms with Crippen LogP contribution in [0.5, 0.6) is 0 Å². The van der Waals surface area contributed by atoms with E-state index in [1.165, 1.54) is 4.90 Å². The van der Waals surface area contributed by atoms with Crippen molar-refractivity contribution in [2.24, 2.45) is 0 Å². The number of benzene rings is 2. The van der Waals surface area contributed by atoms with Crippen molar-refractivity contribution in [2.75, 3.05) is 5.32 Å². The largest absolute Gasteiger partial charge is 0.326 e. The van der Waals surface area contributed by atoms with Gasteiger partial charge in [0.25, 0.3) is 5.91 Å². The molecule has 0 radical (unpaired) electrons. The monoisotopic (exact) mass is 439 g/mol.